The Bertz CT molecular complexity index is 1160. The normalized spacial score (nSPS) is 17.0. The fourth-order valence-corrected chi connectivity index (χ4v) is 4.46. The minimum absolute atomic E-state index is 0.135. The van der Waals surface area contributed by atoms with Crippen LogP contribution in [0.25, 0.3) is 0 Å². The molecule has 1 atom stereocenters. The molecule has 0 saturated carbocycles. The molecule has 1 N–H and O–H groups in total. The fraction of sp³-hybridized carbons (Fsp3) is 0.381. The van der Waals surface area contributed by atoms with Gasteiger partial charge in [0.15, 0.2) is 9.84 Å². The molecule has 0 spiro atoms. The molecule has 1 aliphatic heterocycles. The van der Waals surface area contributed by atoms with Crippen LogP contribution in [0.5, 0.6) is 0 Å². The van der Waals surface area contributed by atoms with E-state index in [4.69, 9.17) is 27.9 Å². The summed E-state index contributed by atoms with van der Waals surface area (Å²) in [5.74, 6) is -0.421. The molecule has 0 radical (unpaired) electrons. The van der Waals surface area contributed by atoms with E-state index in [0.717, 1.165) is 24.4 Å². The topological polar surface area (TPSA) is 119 Å². The van der Waals surface area contributed by atoms with Crippen LogP contribution in [0.1, 0.15) is 11.1 Å². The second kappa shape index (κ2) is 10.8. The maximum atomic E-state index is 12.4. The summed E-state index contributed by atoms with van der Waals surface area (Å²) >= 11 is 12.0. The summed E-state index contributed by atoms with van der Waals surface area (Å²) in [4.78, 5) is 25.1. The number of carbonyl (C=O) groups is 1. The lowest BCUT2D eigenvalue weighted by molar-refractivity contribution is -0.385. The fourth-order valence-electron chi connectivity index (χ4n) is 3.50. The third kappa shape index (κ3) is 7.12. The predicted molar refractivity (Wildman–Crippen MR) is 124 cm³/mol. The van der Waals surface area contributed by atoms with E-state index < -0.39 is 26.4 Å². The second-order valence-electron chi connectivity index (χ2n) is 7.78. The van der Waals surface area contributed by atoms with Gasteiger partial charge in [0.2, 0.25) is 5.91 Å². The van der Waals surface area contributed by atoms with Crippen molar-refractivity contribution in [2.75, 3.05) is 32.5 Å². The van der Waals surface area contributed by atoms with E-state index in [0.29, 0.717) is 29.7 Å². The molecule has 3 rings (SSSR count). The number of ether oxygens (including phenoxy) is 1. The maximum Gasteiger partial charge on any atom is 0.274 e. The number of hydrogen-bond acceptors (Lipinski definition) is 7. The van der Waals surface area contributed by atoms with Crippen molar-refractivity contribution in [1.82, 2.24) is 10.2 Å². The number of nitrogens with one attached hydrogen (secondary N) is 1. The van der Waals surface area contributed by atoms with Crippen LogP contribution in [-0.2, 0) is 32.3 Å². The molecule has 2 aromatic rings. The smallest absolute Gasteiger partial charge is 0.274 e. The summed E-state index contributed by atoms with van der Waals surface area (Å²) in [6, 6.07) is 9.00. The molecule has 12 heteroatoms. The summed E-state index contributed by atoms with van der Waals surface area (Å²) in [5, 5.41) is 15.1. The number of nitro benzene ring substituents is 1. The minimum atomic E-state index is -3.60. The molecule has 0 aromatic heterocycles. The SMILES string of the molecule is CS(=O)(=O)c1ccc(CC(=O)NCC2CN(Cc3ccc(Cl)c(Cl)c3)CCO2)c([N+](=O)[O-])c1. The number of hydrogen-bond donors (Lipinski definition) is 1. The Morgan fingerprint density at radius 2 is 2.00 bits per heavy atom. The maximum absolute atomic E-state index is 12.4. The van der Waals surface area contributed by atoms with Gasteiger partial charge in [0, 0.05) is 44.1 Å². The first-order valence-corrected chi connectivity index (χ1v) is 12.7. The van der Waals surface area contributed by atoms with E-state index in [-0.39, 0.29) is 29.5 Å². The van der Waals surface area contributed by atoms with Crippen LogP contribution < -0.4 is 5.32 Å². The number of benzene rings is 2. The van der Waals surface area contributed by atoms with Gasteiger partial charge in [-0.1, -0.05) is 35.3 Å². The molecule has 33 heavy (non-hydrogen) atoms. The van der Waals surface area contributed by atoms with E-state index in [2.05, 4.69) is 10.2 Å². The third-order valence-corrected chi connectivity index (χ3v) is 7.02. The van der Waals surface area contributed by atoms with E-state index in [1.165, 1.54) is 12.1 Å². The highest BCUT2D eigenvalue weighted by molar-refractivity contribution is 7.90. The van der Waals surface area contributed by atoms with Crippen molar-refractivity contribution in [1.29, 1.82) is 0 Å². The van der Waals surface area contributed by atoms with Crippen LogP contribution in [0.15, 0.2) is 41.3 Å². The monoisotopic (exact) mass is 515 g/mol. The Kier molecular flexibility index (Phi) is 8.30. The van der Waals surface area contributed by atoms with Crippen LogP contribution in [0.2, 0.25) is 10.0 Å². The quantitative estimate of drug-likeness (QED) is 0.423. The number of nitrogens with zero attached hydrogens (tertiary/aromatic N) is 2. The Labute approximate surface area is 201 Å². The molecule has 0 bridgehead atoms. The van der Waals surface area contributed by atoms with Crippen LogP contribution in [0.4, 0.5) is 5.69 Å². The first-order valence-electron chi connectivity index (χ1n) is 10.0. The Hall–Kier alpha value is -2.24. The van der Waals surface area contributed by atoms with E-state index >= 15 is 0 Å². The van der Waals surface area contributed by atoms with Crippen LogP contribution in [0.3, 0.4) is 0 Å². The predicted octanol–water partition coefficient (Wildman–Crippen LogP) is 2.86. The van der Waals surface area contributed by atoms with Crippen molar-refractivity contribution in [2.45, 2.75) is 24.0 Å². The Morgan fingerprint density at radius 1 is 1.24 bits per heavy atom. The number of rotatable bonds is 8. The van der Waals surface area contributed by atoms with Gasteiger partial charge in [0.25, 0.3) is 5.69 Å². The van der Waals surface area contributed by atoms with Gasteiger partial charge < -0.3 is 10.1 Å². The van der Waals surface area contributed by atoms with Crippen molar-refractivity contribution in [3.8, 4) is 0 Å². The molecule has 1 amide bonds. The number of nitro groups is 1. The number of carbonyl (C=O) groups excluding carboxylic acids is 1. The van der Waals surface area contributed by atoms with E-state index in [1.807, 2.05) is 12.1 Å². The summed E-state index contributed by atoms with van der Waals surface area (Å²) in [7, 11) is -3.60. The van der Waals surface area contributed by atoms with Crippen molar-refractivity contribution in [3.05, 3.63) is 67.7 Å². The molecule has 0 aliphatic carbocycles. The van der Waals surface area contributed by atoms with Crippen molar-refractivity contribution in [2.24, 2.45) is 0 Å². The summed E-state index contributed by atoms with van der Waals surface area (Å²) in [5.41, 5.74) is 0.740. The molecule has 1 heterocycles. The van der Waals surface area contributed by atoms with Gasteiger partial charge in [-0.25, -0.2) is 8.42 Å². The molecule has 1 fully saturated rings. The highest BCUT2D eigenvalue weighted by atomic mass is 35.5. The average molecular weight is 516 g/mol. The second-order valence-corrected chi connectivity index (χ2v) is 10.6. The molecular weight excluding hydrogens is 493 g/mol. The Morgan fingerprint density at radius 3 is 2.67 bits per heavy atom. The van der Waals surface area contributed by atoms with Crippen LogP contribution in [-0.4, -0.2) is 62.7 Å². The number of morpholine rings is 1. The lowest BCUT2D eigenvalue weighted by Crippen LogP contribution is -2.47. The van der Waals surface area contributed by atoms with E-state index in [9.17, 15) is 23.3 Å². The molecular formula is C21H23Cl2N3O6S. The van der Waals surface area contributed by atoms with Gasteiger partial charge >= 0.3 is 0 Å². The summed E-state index contributed by atoms with van der Waals surface area (Å²) in [6.07, 6.45) is 0.473. The van der Waals surface area contributed by atoms with Crippen molar-refractivity contribution in [3.63, 3.8) is 0 Å². The highest BCUT2D eigenvalue weighted by Crippen LogP contribution is 2.25. The largest absolute Gasteiger partial charge is 0.374 e. The molecule has 9 nitrogen and oxygen atoms in total. The van der Waals surface area contributed by atoms with Gasteiger partial charge in [0.05, 0.1) is 39.0 Å². The number of amides is 1. The van der Waals surface area contributed by atoms with Gasteiger partial charge in [0.1, 0.15) is 0 Å². The zero-order valence-corrected chi connectivity index (χ0v) is 20.1. The lowest BCUT2D eigenvalue weighted by Gasteiger charge is -2.33. The number of halogens is 2. The van der Waals surface area contributed by atoms with Gasteiger partial charge in [-0.05, 0) is 23.8 Å². The van der Waals surface area contributed by atoms with Crippen LogP contribution >= 0.6 is 23.2 Å². The Balaban J connectivity index is 1.56. The molecule has 178 valence electrons. The minimum Gasteiger partial charge on any atom is -0.374 e. The molecule has 1 aliphatic rings. The molecule has 2 aromatic carbocycles. The lowest BCUT2D eigenvalue weighted by atomic mass is 10.1. The molecule has 1 saturated heterocycles. The standard InChI is InChI=1S/C21H23Cl2N3O6S/c1-33(30,31)17-4-3-15(20(10-17)26(28)29)9-21(27)24-11-16-13-25(6-7-32-16)12-14-2-5-18(22)19(23)8-14/h2-5,8,10,16H,6-7,9,11-13H2,1H3,(H,24,27). The third-order valence-electron chi connectivity index (χ3n) is 5.17. The highest BCUT2D eigenvalue weighted by Gasteiger charge is 2.23. The van der Waals surface area contributed by atoms with Gasteiger partial charge in [-0.2, -0.15) is 0 Å². The molecule has 1 unspecified atom stereocenters. The number of sulfone groups is 1. The first kappa shape index (κ1) is 25.4. The van der Waals surface area contributed by atoms with Gasteiger partial charge in [-0.3, -0.25) is 19.8 Å². The zero-order chi connectivity index (χ0) is 24.2. The van der Waals surface area contributed by atoms with E-state index in [1.54, 1.807) is 6.07 Å². The first-order chi connectivity index (χ1) is 15.5. The summed E-state index contributed by atoms with van der Waals surface area (Å²) in [6.45, 7) is 2.71. The average Bonchev–Trinajstić information content (AvgIpc) is 2.74. The van der Waals surface area contributed by atoms with Gasteiger partial charge in [-0.15, -0.1) is 0 Å². The summed E-state index contributed by atoms with van der Waals surface area (Å²) < 4.78 is 29.0. The van der Waals surface area contributed by atoms with Crippen molar-refractivity contribution < 1.29 is 22.9 Å². The van der Waals surface area contributed by atoms with Crippen molar-refractivity contribution >= 4 is 44.6 Å². The zero-order valence-electron chi connectivity index (χ0n) is 17.8. The van der Waals surface area contributed by atoms with Crippen LogP contribution in [0, 0.1) is 10.1 Å².